The van der Waals surface area contributed by atoms with Crippen molar-refractivity contribution in [2.75, 3.05) is 25.1 Å². The van der Waals surface area contributed by atoms with Crippen molar-refractivity contribution < 1.29 is 4.74 Å². The van der Waals surface area contributed by atoms with Gasteiger partial charge >= 0.3 is 0 Å². The number of benzene rings is 1. The first-order valence-electron chi connectivity index (χ1n) is 6.90. The summed E-state index contributed by atoms with van der Waals surface area (Å²) >= 11 is 3.49. The zero-order valence-corrected chi connectivity index (χ0v) is 13.9. The zero-order chi connectivity index (χ0) is 15.2. The van der Waals surface area contributed by atoms with Gasteiger partial charge in [-0.2, -0.15) is 0 Å². The average molecular weight is 350 g/mol. The maximum absolute atomic E-state index is 5.66. The third kappa shape index (κ3) is 3.95. The van der Waals surface area contributed by atoms with Crippen LogP contribution < -0.4 is 15.4 Å². The quantitative estimate of drug-likeness (QED) is 0.864. The molecule has 1 heterocycles. The molecule has 1 aromatic heterocycles. The number of hydrogen-bond acceptors (Lipinski definition) is 4. The minimum atomic E-state index is 0.655. The van der Waals surface area contributed by atoms with Crippen LogP contribution in [0.5, 0.6) is 5.75 Å². The van der Waals surface area contributed by atoms with Crippen molar-refractivity contribution in [2.24, 2.45) is 5.73 Å². The van der Waals surface area contributed by atoms with E-state index in [1.807, 2.05) is 43.3 Å². The smallest absolute Gasteiger partial charge is 0.133 e. The molecule has 21 heavy (non-hydrogen) atoms. The lowest BCUT2D eigenvalue weighted by molar-refractivity contribution is 0.415. The van der Waals surface area contributed by atoms with Crippen molar-refractivity contribution in [2.45, 2.75) is 13.3 Å². The lowest BCUT2D eigenvalue weighted by atomic mass is 10.2. The summed E-state index contributed by atoms with van der Waals surface area (Å²) in [5.41, 5.74) is 7.71. The molecular formula is C16H20BrN3O. The minimum absolute atomic E-state index is 0.655. The van der Waals surface area contributed by atoms with Gasteiger partial charge in [-0.1, -0.05) is 0 Å². The molecule has 0 atom stereocenters. The number of anilines is 2. The molecule has 2 aromatic rings. The van der Waals surface area contributed by atoms with Crippen LogP contribution in [0.4, 0.5) is 11.5 Å². The molecule has 0 unspecified atom stereocenters. The van der Waals surface area contributed by atoms with Gasteiger partial charge in [0.2, 0.25) is 0 Å². The molecule has 0 saturated heterocycles. The molecule has 2 N–H and O–H groups in total. The van der Waals surface area contributed by atoms with Gasteiger partial charge in [-0.05, 0) is 72.2 Å². The zero-order valence-electron chi connectivity index (χ0n) is 12.3. The van der Waals surface area contributed by atoms with Gasteiger partial charge in [0.05, 0.1) is 12.8 Å². The van der Waals surface area contributed by atoms with Crippen LogP contribution in [-0.4, -0.2) is 25.2 Å². The number of rotatable bonds is 6. The summed E-state index contributed by atoms with van der Waals surface area (Å²) in [5.74, 6) is 1.77. The van der Waals surface area contributed by atoms with Crippen LogP contribution in [0.3, 0.4) is 0 Å². The fourth-order valence-corrected chi connectivity index (χ4v) is 2.29. The lowest BCUT2D eigenvalue weighted by Gasteiger charge is -2.24. The molecule has 112 valence electrons. The van der Waals surface area contributed by atoms with E-state index in [4.69, 9.17) is 10.5 Å². The Morgan fingerprint density at radius 3 is 2.48 bits per heavy atom. The second kappa shape index (κ2) is 7.43. The van der Waals surface area contributed by atoms with Crippen LogP contribution in [-0.2, 0) is 0 Å². The first-order chi connectivity index (χ1) is 10.2. The monoisotopic (exact) mass is 349 g/mol. The lowest BCUT2D eigenvalue weighted by Crippen LogP contribution is -2.22. The molecule has 0 fully saturated rings. The molecule has 0 amide bonds. The van der Waals surface area contributed by atoms with Crippen LogP contribution in [0, 0.1) is 6.92 Å². The number of aromatic nitrogens is 1. The summed E-state index contributed by atoms with van der Waals surface area (Å²) < 4.78 is 6.22. The molecule has 0 aliphatic rings. The number of halogens is 1. The summed E-state index contributed by atoms with van der Waals surface area (Å²) in [6, 6.07) is 12.0. The maximum atomic E-state index is 5.66. The van der Waals surface area contributed by atoms with E-state index in [1.54, 1.807) is 7.11 Å². The van der Waals surface area contributed by atoms with Crippen LogP contribution in [0.25, 0.3) is 0 Å². The summed E-state index contributed by atoms with van der Waals surface area (Å²) in [4.78, 5) is 6.82. The van der Waals surface area contributed by atoms with E-state index in [-0.39, 0.29) is 0 Å². The van der Waals surface area contributed by atoms with Crippen LogP contribution in [0.15, 0.2) is 40.9 Å². The Morgan fingerprint density at radius 2 is 1.90 bits per heavy atom. The van der Waals surface area contributed by atoms with Crippen LogP contribution in [0.1, 0.15) is 12.1 Å². The van der Waals surface area contributed by atoms with E-state index in [2.05, 4.69) is 25.8 Å². The minimum Gasteiger partial charge on any atom is -0.497 e. The van der Waals surface area contributed by atoms with Crippen molar-refractivity contribution in [3.63, 3.8) is 0 Å². The molecule has 0 aliphatic heterocycles. The summed E-state index contributed by atoms with van der Waals surface area (Å²) in [6.07, 6.45) is 0.906. The van der Waals surface area contributed by atoms with Gasteiger partial charge < -0.3 is 15.4 Å². The van der Waals surface area contributed by atoms with E-state index < -0.39 is 0 Å². The topological polar surface area (TPSA) is 51.4 Å². The molecule has 2 rings (SSSR count). The summed E-state index contributed by atoms with van der Waals surface area (Å²) in [7, 11) is 1.67. The second-order valence-corrected chi connectivity index (χ2v) is 5.58. The number of hydrogen-bond donors (Lipinski definition) is 1. The normalized spacial score (nSPS) is 10.5. The summed E-state index contributed by atoms with van der Waals surface area (Å²) in [5, 5.41) is 0. The third-order valence-corrected chi connectivity index (χ3v) is 4.09. The Bertz CT molecular complexity index is 587. The van der Waals surface area contributed by atoms with Gasteiger partial charge in [0.1, 0.15) is 11.6 Å². The fraction of sp³-hybridized carbons (Fsp3) is 0.312. The van der Waals surface area contributed by atoms with Crippen molar-refractivity contribution in [3.8, 4) is 5.75 Å². The van der Waals surface area contributed by atoms with Crippen LogP contribution in [0.2, 0.25) is 0 Å². The second-order valence-electron chi connectivity index (χ2n) is 4.73. The highest BCUT2D eigenvalue weighted by atomic mass is 79.9. The van der Waals surface area contributed by atoms with Gasteiger partial charge in [-0.15, -0.1) is 0 Å². The third-order valence-electron chi connectivity index (χ3n) is 3.25. The van der Waals surface area contributed by atoms with Gasteiger partial charge in [-0.3, -0.25) is 0 Å². The van der Waals surface area contributed by atoms with Crippen molar-refractivity contribution in [1.29, 1.82) is 0 Å². The highest BCUT2D eigenvalue weighted by Gasteiger charge is 2.11. The van der Waals surface area contributed by atoms with Crippen LogP contribution >= 0.6 is 15.9 Å². The predicted molar refractivity (Wildman–Crippen MR) is 90.3 cm³/mol. The average Bonchev–Trinajstić information content (AvgIpc) is 2.51. The Hall–Kier alpha value is -1.59. The van der Waals surface area contributed by atoms with E-state index in [0.717, 1.165) is 40.4 Å². The standard InChI is InChI=1S/C16H20BrN3O/c1-12-15(17)8-9-16(19-12)20(11-3-10-18)13-4-6-14(21-2)7-5-13/h4-9H,3,10-11,18H2,1-2H3. The number of methoxy groups -OCH3 is 1. The first kappa shape index (κ1) is 15.8. The number of pyridine rings is 1. The van der Waals surface area contributed by atoms with Gasteiger partial charge in [-0.25, -0.2) is 4.98 Å². The first-order valence-corrected chi connectivity index (χ1v) is 7.70. The SMILES string of the molecule is COc1ccc(N(CCCN)c2ccc(Br)c(C)n2)cc1. The molecule has 4 nitrogen and oxygen atoms in total. The van der Waals surface area contributed by atoms with Gasteiger partial charge in [0.25, 0.3) is 0 Å². The van der Waals surface area contributed by atoms with E-state index in [9.17, 15) is 0 Å². The Kier molecular flexibility index (Phi) is 5.59. The van der Waals surface area contributed by atoms with Gasteiger partial charge in [0.15, 0.2) is 0 Å². The molecule has 0 saturated carbocycles. The molecule has 0 bridgehead atoms. The van der Waals surface area contributed by atoms with Crippen molar-refractivity contribution >= 4 is 27.4 Å². The molecule has 5 heteroatoms. The molecular weight excluding hydrogens is 330 g/mol. The molecule has 0 radical (unpaired) electrons. The number of aryl methyl sites for hydroxylation is 1. The largest absolute Gasteiger partial charge is 0.497 e. The number of nitrogens with two attached hydrogens (primary N) is 1. The Balaban J connectivity index is 2.33. The van der Waals surface area contributed by atoms with Crippen molar-refractivity contribution in [1.82, 2.24) is 4.98 Å². The maximum Gasteiger partial charge on any atom is 0.133 e. The van der Waals surface area contributed by atoms with Crippen molar-refractivity contribution in [3.05, 3.63) is 46.6 Å². The molecule has 1 aromatic carbocycles. The van der Waals surface area contributed by atoms with Gasteiger partial charge in [0, 0.05) is 16.7 Å². The fourth-order valence-electron chi connectivity index (χ4n) is 2.07. The highest BCUT2D eigenvalue weighted by Crippen LogP contribution is 2.27. The molecule has 0 aliphatic carbocycles. The summed E-state index contributed by atoms with van der Waals surface area (Å²) in [6.45, 7) is 3.47. The van der Waals surface area contributed by atoms with E-state index in [1.165, 1.54) is 0 Å². The predicted octanol–water partition coefficient (Wildman–Crippen LogP) is 3.65. The number of ether oxygens (including phenoxy) is 1. The number of nitrogens with zero attached hydrogens (tertiary/aromatic N) is 2. The Morgan fingerprint density at radius 1 is 1.19 bits per heavy atom. The highest BCUT2D eigenvalue weighted by molar-refractivity contribution is 9.10. The van der Waals surface area contributed by atoms with E-state index >= 15 is 0 Å². The Labute approximate surface area is 134 Å². The molecule has 0 spiro atoms. The van der Waals surface area contributed by atoms with E-state index in [0.29, 0.717) is 6.54 Å².